The van der Waals surface area contributed by atoms with Crippen molar-refractivity contribution in [2.45, 2.75) is 151 Å². The minimum Gasteiger partial charge on any atom is -0.397 e. The molecule has 9 rings (SSSR count). The van der Waals surface area contributed by atoms with Crippen molar-refractivity contribution in [1.29, 1.82) is 0 Å². The minimum atomic E-state index is -0.119. The van der Waals surface area contributed by atoms with Gasteiger partial charge in [0.25, 0.3) is 0 Å². The highest BCUT2D eigenvalue weighted by molar-refractivity contribution is 6.11. The maximum atomic E-state index is 11.1. The van der Waals surface area contributed by atoms with Crippen molar-refractivity contribution >= 4 is 10.2 Å². The quantitative estimate of drug-likeness (QED) is 0.196. The Morgan fingerprint density at radius 2 is 0.651 bits per heavy atom. The largest absolute Gasteiger partial charge is 0.397 e. The number of hydrogen-bond donors (Lipinski definition) is 9. The second-order valence-electron chi connectivity index (χ2n) is 16.6. The zero-order valence-electron chi connectivity index (χ0n) is 26.4. The van der Waals surface area contributed by atoms with E-state index in [1.165, 1.54) is 96.3 Å². The molecule has 242 valence electrons. The van der Waals surface area contributed by atoms with Crippen LogP contribution in [0.15, 0.2) is 0 Å². The first-order chi connectivity index (χ1) is 21.1. The van der Waals surface area contributed by atoms with Gasteiger partial charge in [0.05, 0.1) is 49.3 Å². The summed E-state index contributed by atoms with van der Waals surface area (Å²) < 4.78 is 0. The van der Waals surface area contributed by atoms with Crippen molar-refractivity contribution in [3.8, 4) is 0 Å². The van der Waals surface area contributed by atoms with E-state index in [9.17, 15) is 5.11 Å². The highest BCUT2D eigenvalue weighted by Gasteiger charge is 2.55. The van der Waals surface area contributed by atoms with Crippen LogP contribution in [0.3, 0.4) is 0 Å². The summed E-state index contributed by atoms with van der Waals surface area (Å²) in [6.45, 7) is 0. The van der Waals surface area contributed by atoms with Gasteiger partial charge in [-0.2, -0.15) is 0 Å². The van der Waals surface area contributed by atoms with E-state index in [0.717, 1.165) is 16.2 Å². The average molecular weight is 613 g/mol. The van der Waals surface area contributed by atoms with Crippen LogP contribution in [0.4, 0.5) is 0 Å². The predicted molar refractivity (Wildman–Crippen MR) is 172 cm³/mol. The Balaban J connectivity index is 1.07. The Kier molecular flexibility index (Phi) is 7.99. The van der Waals surface area contributed by atoms with Gasteiger partial charge in [0.2, 0.25) is 0 Å². The fourth-order valence-corrected chi connectivity index (χ4v) is 13.4. The minimum absolute atomic E-state index is 0.119. The lowest BCUT2D eigenvalue weighted by atomic mass is 9.71. The smallest absolute Gasteiger partial charge is 0.0632 e. The van der Waals surface area contributed by atoms with Gasteiger partial charge < -0.3 is 5.11 Å². The molecule has 9 fully saturated rings. The Labute approximate surface area is 262 Å². The summed E-state index contributed by atoms with van der Waals surface area (Å²) in [7, 11) is 0.864. The SMILES string of the molecule is OC([SiH3])C1CCCC2C3NC4NC(NC5NC(NC6NC(NC(N3)C12)C1CCCCC61)C1CCCCC51)C1CCCCC41. The molecule has 9 nitrogen and oxygen atoms in total. The fraction of sp³-hybridized carbons (Fsp3) is 1.00. The van der Waals surface area contributed by atoms with E-state index >= 15 is 0 Å². The Hall–Kier alpha value is -0.143. The molecule has 4 aliphatic carbocycles. The topological polar surface area (TPSA) is 116 Å². The van der Waals surface area contributed by atoms with Crippen LogP contribution in [0, 0.1) is 53.3 Å². The number of fused-ring (bicyclic) bond motifs is 20. The van der Waals surface area contributed by atoms with Gasteiger partial charge in [0.15, 0.2) is 0 Å². The van der Waals surface area contributed by atoms with Crippen LogP contribution in [-0.2, 0) is 0 Å². The predicted octanol–water partition coefficient (Wildman–Crippen LogP) is 0.516. The molecule has 5 heterocycles. The van der Waals surface area contributed by atoms with Gasteiger partial charge in [0.1, 0.15) is 0 Å². The van der Waals surface area contributed by atoms with Crippen molar-refractivity contribution in [1.82, 2.24) is 42.5 Å². The van der Waals surface area contributed by atoms with Crippen molar-refractivity contribution in [3.63, 3.8) is 0 Å². The maximum Gasteiger partial charge on any atom is 0.0632 e. The second kappa shape index (κ2) is 11.8. The fourth-order valence-electron chi connectivity index (χ4n) is 12.7. The molecule has 9 aliphatic rings. The maximum absolute atomic E-state index is 11.1. The number of aliphatic hydroxyl groups is 1. The zero-order valence-corrected chi connectivity index (χ0v) is 28.4. The summed E-state index contributed by atoms with van der Waals surface area (Å²) in [5, 5.41) is 44.8. The summed E-state index contributed by atoms with van der Waals surface area (Å²) in [5.74, 6) is 5.67. The molecule has 18 unspecified atom stereocenters. The molecule has 0 aromatic rings. The van der Waals surface area contributed by atoms with Crippen LogP contribution >= 0.6 is 0 Å². The van der Waals surface area contributed by atoms with Crippen LogP contribution < -0.4 is 42.5 Å². The second-order valence-corrected chi connectivity index (χ2v) is 17.8. The van der Waals surface area contributed by atoms with E-state index in [1.54, 1.807) is 0 Å². The van der Waals surface area contributed by atoms with Crippen molar-refractivity contribution in [3.05, 3.63) is 0 Å². The molecule has 0 radical (unpaired) electrons. The van der Waals surface area contributed by atoms with E-state index < -0.39 is 0 Å². The van der Waals surface area contributed by atoms with E-state index in [4.69, 9.17) is 0 Å². The Bertz CT molecular complexity index is 1000. The summed E-state index contributed by atoms with van der Waals surface area (Å²) in [6.07, 6.45) is 22.7. The molecule has 18 atom stereocenters. The molecule has 10 heteroatoms. The van der Waals surface area contributed by atoms with Gasteiger partial charge in [-0.1, -0.05) is 44.9 Å². The number of nitrogens with one attached hydrogen (secondary N) is 8. The molecule has 9 N–H and O–H groups in total. The Morgan fingerprint density at radius 3 is 0.977 bits per heavy atom. The van der Waals surface area contributed by atoms with Gasteiger partial charge in [0, 0.05) is 16.0 Å². The van der Waals surface area contributed by atoms with Crippen molar-refractivity contribution in [2.24, 2.45) is 53.3 Å². The first-order valence-corrected chi connectivity index (χ1v) is 20.0. The van der Waals surface area contributed by atoms with Crippen LogP contribution in [0.25, 0.3) is 0 Å². The molecule has 0 amide bonds. The highest BCUT2D eigenvalue weighted by atomic mass is 28.1. The summed E-state index contributed by atoms with van der Waals surface area (Å²) in [5.41, 5.74) is -0.119. The molecule has 0 aromatic carbocycles. The third-order valence-corrected chi connectivity index (χ3v) is 15.4. The first-order valence-electron chi connectivity index (χ1n) is 18.9. The molecule has 5 saturated heterocycles. The monoisotopic (exact) mass is 612 g/mol. The number of aliphatic hydroxyl groups excluding tert-OH is 1. The van der Waals surface area contributed by atoms with Gasteiger partial charge in [-0.3, -0.25) is 42.5 Å². The molecule has 4 saturated carbocycles. The lowest BCUT2D eigenvalue weighted by Crippen LogP contribution is -2.62. The third-order valence-electron chi connectivity index (χ3n) is 14.6. The standard InChI is InChI=1S/C33H60N8OSi/c42-33(43)23-15-7-14-22-24(23)32-40-30-21-13-6-5-12-20(21)28(38-30)36-26-17-9-2-1-8-16(17)25(34-26)35-27-18-10-3-4-11-19(18)29(37-27)39-31(22)41-32/h16-42H,1-15H2,43H3. The highest BCUT2D eigenvalue weighted by Crippen LogP contribution is 2.47. The molecule has 43 heavy (non-hydrogen) atoms. The van der Waals surface area contributed by atoms with Gasteiger partial charge in [-0.15, -0.1) is 0 Å². The normalized spacial score (nSPS) is 57.0. The lowest BCUT2D eigenvalue weighted by Gasteiger charge is -2.40. The number of rotatable bonds is 1. The van der Waals surface area contributed by atoms with E-state index in [0.29, 0.717) is 90.5 Å². The molecule has 8 bridgehead atoms. The van der Waals surface area contributed by atoms with Crippen molar-refractivity contribution < 1.29 is 5.11 Å². The summed E-state index contributed by atoms with van der Waals surface area (Å²) >= 11 is 0. The van der Waals surface area contributed by atoms with Crippen LogP contribution in [0.2, 0.25) is 0 Å². The molecular weight excluding hydrogens is 553 g/mol. The lowest BCUT2D eigenvalue weighted by molar-refractivity contribution is 0.0557. The van der Waals surface area contributed by atoms with E-state index in [-0.39, 0.29) is 11.9 Å². The van der Waals surface area contributed by atoms with E-state index in [2.05, 4.69) is 42.5 Å². The first kappa shape index (κ1) is 29.0. The van der Waals surface area contributed by atoms with Gasteiger partial charge in [-0.25, -0.2) is 0 Å². The summed E-state index contributed by atoms with van der Waals surface area (Å²) in [6, 6.07) is 0. The Morgan fingerprint density at radius 1 is 0.372 bits per heavy atom. The molecule has 0 spiro atoms. The molecule has 0 aromatic heterocycles. The average Bonchev–Trinajstić information content (AvgIpc) is 3.76. The summed E-state index contributed by atoms with van der Waals surface area (Å²) in [4.78, 5) is 0. The van der Waals surface area contributed by atoms with Gasteiger partial charge >= 0.3 is 0 Å². The zero-order chi connectivity index (χ0) is 28.7. The third kappa shape index (κ3) is 5.04. The molecular formula is C33H60N8OSi. The van der Waals surface area contributed by atoms with Crippen LogP contribution in [-0.4, -0.2) is 70.4 Å². The van der Waals surface area contributed by atoms with E-state index in [1.807, 2.05) is 0 Å². The number of hydrogen-bond acceptors (Lipinski definition) is 9. The van der Waals surface area contributed by atoms with Gasteiger partial charge in [-0.05, 0) is 105 Å². The van der Waals surface area contributed by atoms with Crippen molar-refractivity contribution in [2.75, 3.05) is 0 Å². The van der Waals surface area contributed by atoms with Crippen LogP contribution in [0.5, 0.6) is 0 Å². The molecule has 5 aliphatic heterocycles. The van der Waals surface area contributed by atoms with Crippen LogP contribution in [0.1, 0.15) is 96.3 Å².